The van der Waals surface area contributed by atoms with Crippen LogP contribution in [0.3, 0.4) is 0 Å². The molecule has 6 heteroatoms. The molecular formula is C21H25N2O3P+2. The van der Waals surface area contributed by atoms with Gasteiger partial charge in [-0.2, -0.15) is 4.57 Å². The number of nitrogens with zero attached hydrogens (tertiary/aromatic N) is 2. The molecule has 2 N–H and O–H groups in total. The van der Waals surface area contributed by atoms with Gasteiger partial charge in [0.25, 0.3) is 0 Å². The Morgan fingerprint density at radius 3 is 2.15 bits per heavy atom. The molecule has 0 aliphatic rings. The van der Waals surface area contributed by atoms with Gasteiger partial charge >= 0.3 is 7.60 Å². The third-order valence-corrected chi connectivity index (χ3v) is 5.23. The van der Waals surface area contributed by atoms with E-state index in [0.717, 1.165) is 29.7 Å². The minimum Gasteiger partial charge on any atom is -0.324 e. The van der Waals surface area contributed by atoms with Gasteiger partial charge in [-0.05, 0) is 23.1 Å². The van der Waals surface area contributed by atoms with Crippen LogP contribution in [0.4, 0.5) is 0 Å². The molecule has 2 aromatic heterocycles. The molecule has 0 radical (unpaired) electrons. The summed E-state index contributed by atoms with van der Waals surface area (Å²) in [7, 11) is -3.97. The zero-order valence-electron chi connectivity index (χ0n) is 15.4. The van der Waals surface area contributed by atoms with Gasteiger partial charge < -0.3 is 9.79 Å². The molecular weight excluding hydrogens is 359 g/mol. The highest BCUT2D eigenvalue weighted by molar-refractivity contribution is 7.51. The van der Waals surface area contributed by atoms with Gasteiger partial charge in [0.1, 0.15) is 6.16 Å². The Bertz CT molecular complexity index is 934. The van der Waals surface area contributed by atoms with Crippen molar-refractivity contribution >= 4 is 7.60 Å². The number of aromatic nitrogens is 2. The Labute approximate surface area is 159 Å². The predicted octanol–water partition coefficient (Wildman–Crippen LogP) is 3.05. The summed E-state index contributed by atoms with van der Waals surface area (Å²) >= 11 is 0. The van der Waals surface area contributed by atoms with Gasteiger partial charge in [-0.1, -0.05) is 25.5 Å². The molecule has 1 aromatic carbocycles. The van der Waals surface area contributed by atoms with Gasteiger partial charge in [0, 0.05) is 36.4 Å². The summed E-state index contributed by atoms with van der Waals surface area (Å²) in [5, 5.41) is 0. The number of aryl methyl sites for hydroxylation is 2. The molecule has 0 unspecified atom stereocenters. The lowest BCUT2D eigenvalue weighted by molar-refractivity contribution is -0.692. The van der Waals surface area contributed by atoms with Crippen molar-refractivity contribution in [3.8, 4) is 16.8 Å². The van der Waals surface area contributed by atoms with Crippen LogP contribution in [0.1, 0.15) is 18.9 Å². The van der Waals surface area contributed by atoms with Crippen molar-refractivity contribution in [2.45, 2.75) is 26.3 Å². The molecule has 0 saturated heterocycles. The van der Waals surface area contributed by atoms with E-state index in [1.807, 2.05) is 24.5 Å². The van der Waals surface area contributed by atoms with Crippen molar-refractivity contribution in [2.75, 3.05) is 6.16 Å². The summed E-state index contributed by atoms with van der Waals surface area (Å²) in [5.41, 5.74) is 4.65. The van der Waals surface area contributed by atoms with Crippen LogP contribution in [0, 0.1) is 0 Å². The monoisotopic (exact) mass is 384 g/mol. The van der Waals surface area contributed by atoms with E-state index in [9.17, 15) is 4.57 Å². The molecule has 0 aliphatic carbocycles. The van der Waals surface area contributed by atoms with Crippen LogP contribution in [-0.2, 0) is 17.5 Å². The summed E-state index contributed by atoms with van der Waals surface area (Å²) in [6, 6.07) is 16.6. The van der Waals surface area contributed by atoms with E-state index in [0.29, 0.717) is 6.54 Å². The Morgan fingerprint density at radius 2 is 1.56 bits per heavy atom. The largest absolute Gasteiger partial charge is 0.331 e. The van der Waals surface area contributed by atoms with E-state index in [1.165, 1.54) is 5.56 Å². The highest BCUT2D eigenvalue weighted by Gasteiger charge is 2.16. The summed E-state index contributed by atoms with van der Waals surface area (Å²) in [5.74, 6) is 0. The van der Waals surface area contributed by atoms with Crippen LogP contribution < -0.4 is 9.13 Å². The van der Waals surface area contributed by atoms with Gasteiger partial charge in [-0.3, -0.25) is 4.57 Å². The molecule has 0 fully saturated rings. The summed E-state index contributed by atoms with van der Waals surface area (Å²) in [4.78, 5) is 17.9. The van der Waals surface area contributed by atoms with Gasteiger partial charge in [0.05, 0.1) is 0 Å². The van der Waals surface area contributed by atoms with Crippen LogP contribution in [-0.4, -0.2) is 15.9 Å². The maximum Gasteiger partial charge on any atom is 0.331 e. The maximum absolute atomic E-state index is 11.0. The summed E-state index contributed by atoms with van der Waals surface area (Å²) in [6.45, 7) is 2.48. The van der Waals surface area contributed by atoms with E-state index in [4.69, 9.17) is 9.79 Å². The van der Waals surface area contributed by atoms with E-state index in [2.05, 4.69) is 60.3 Å². The van der Waals surface area contributed by atoms with Crippen LogP contribution in [0.25, 0.3) is 16.8 Å². The first kappa shape index (κ1) is 19.4. The summed E-state index contributed by atoms with van der Waals surface area (Å²) in [6.07, 6.45) is 9.86. The molecule has 0 bridgehead atoms. The second-order valence-electron chi connectivity index (χ2n) is 6.63. The number of rotatable bonds is 7. The lowest BCUT2D eigenvalue weighted by Gasteiger charge is -2.03. The van der Waals surface area contributed by atoms with Crippen LogP contribution >= 0.6 is 7.60 Å². The zero-order chi connectivity index (χ0) is 19.3. The Balaban J connectivity index is 1.73. The zero-order valence-corrected chi connectivity index (χ0v) is 16.3. The van der Waals surface area contributed by atoms with Crippen molar-refractivity contribution in [3.63, 3.8) is 0 Å². The SMILES string of the molecule is CCCc1cccc(-[n+]2ccc(-c3cc[n+](CCP(=O)(O)O)cc3)cc2)c1. The third kappa shape index (κ3) is 5.57. The van der Waals surface area contributed by atoms with Crippen molar-refractivity contribution in [3.05, 3.63) is 78.9 Å². The first-order valence-corrected chi connectivity index (χ1v) is 10.9. The third-order valence-electron chi connectivity index (χ3n) is 4.45. The van der Waals surface area contributed by atoms with Crippen molar-refractivity contribution < 1.29 is 23.5 Å². The highest BCUT2D eigenvalue weighted by Crippen LogP contribution is 2.33. The molecule has 0 spiro atoms. The average molecular weight is 384 g/mol. The second-order valence-corrected chi connectivity index (χ2v) is 8.40. The maximum atomic E-state index is 11.0. The molecule has 0 saturated carbocycles. The molecule has 3 rings (SSSR count). The lowest BCUT2D eigenvalue weighted by atomic mass is 10.1. The highest BCUT2D eigenvalue weighted by atomic mass is 31.2. The van der Waals surface area contributed by atoms with Gasteiger partial charge in [-0.15, -0.1) is 0 Å². The smallest absolute Gasteiger partial charge is 0.324 e. The number of hydrogen-bond acceptors (Lipinski definition) is 1. The predicted molar refractivity (Wildman–Crippen MR) is 105 cm³/mol. The van der Waals surface area contributed by atoms with E-state index < -0.39 is 7.60 Å². The molecule has 27 heavy (non-hydrogen) atoms. The van der Waals surface area contributed by atoms with Crippen LogP contribution in [0.15, 0.2) is 73.3 Å². The molecule has 2 heterocycles. The fourth-order valence-corrected chi connectivity index (χ4v) is 3.49. The molecule has 0 atom stereocenters. The minimum absolute atomic E-state index is 0.153. The van der Waals surface area contributed by atoms with Crippen molar-refractivity contribution in [2.24, 2.45) is 0 Å². The fraction of sp³-hybridized carbons (Fsp3) is 0.238. The summed E-state index contributed by atoms with van der Waals surface area (Å²) < 4.78 is 14.9. The first-order chi connectivity index (χ1) is 12.9. The van der Waals surface area contributed by atoms with Gasteiger partial charge in [0.2, 0.25) is 5.69 Å². The van der Waals surface area contributed by atoms with Crippen LogP contribution in [0.2, 0.25) is 0 Å². The number of benzene rings is 1. The number of hydrogen-bond donors (Lipinski definition) is 2. The van der Waals surface area contributed by atoms with Gasteiger partial charge in [-0.25, -0.2) is 4.57 Å². The number of pyridine rings is 2. The van der Waals surface area contributed by atoms with E-state index >= 15 is 0 Å². The van der Waals surface area contributed by atoms with Crippen LogP contribution in [0.5, 0.6) is 0 Å². The quantitative estimate of drug-likeness (QED) is 0.486. The normalized spacial score (nSPS) is 11.5. The van der Waals surface area contributed by atoms with E-state index in [-0.39, 0.29) is 6.16 Å². The van der Waals surface area contributed by atoms with Crippen molar-refractivity contribution in [1.82, 2.24) is 0 Å². The standard InChI is InChI=1S/C21H23N2O3P/c1-2-4-18-5-3-6-21(17-18)23-13-9-20(10-14-23)19-7-11-22(12-8-19)15-16-27(24,25)26/h3,5-14,17H,2,4,15-16H2,1H3/p+2. The Hall–Kier alpha value is -2.33. The Kier molecular flexibility index (Phi) is 6.17. The molecule has 0 aliphatic heterocycles. The second kappa shape index (κ2) is 8.57. The first-order valence-electron chi connectivity index (χ1n) is 9.09. The van der Waals surface area contributed by atoms with Crippen molar-refractivity contribution in [1.29, 1.82) is 0 Å². The van der Waals surface area contributed by atoms with E-state index in [1.54, 1.807) is 4.57 Å². The Morgan fingerprint density at radius 1 is 0.926 bits per heavy atom. The molecule has 0 amide bonds. The molecule has 140 valence electrons. The topological polar surface area (TPSA) is 65.3 Å². The lowest BCUT2D eigenvalue weighted by Crippen LogP contribution is -2.34. The molecule has 3 aromatic rings. The van der Waals surface area contributed by atoms with Gasteiger partial charge in [0.15, 0.2) is 31.3 Å². The average Bonchev–Trinajstić information content (AvgIpc) is 2.67. The fourth-order valence-electron chi connectivity index (χ4n) is 3.00. The minimum atomic E-state index is -3.97. The molecule has 5 nitrogen and oxygen atoms in total.